The lowest BCUT2D eigenvalue weighted by atomic mass is 9.75. The normalized spacial score (nSPS) is 23.5. The van der Waals surface area contributed by atoms with E-state index in [1.54, 1.807) is 18.7 Å². The van der Waals surface area contributed by atoms with Gasteiger partial charge in [0.25, 0.3) is 5.56 Å². The second-order valence-electron chi connectivity index (χ2n) is 7.56. The molecule has 25 heavy (non-hydrogen) atoms. The maximum atomic E-state index is 12.7. The summed E-state index contributed by atoms with van der Waals surface area (Å²) >= 11 is 0. The summed E-state index contributed by atoms with van der Waals surface area (Å²) in [4.78, 5) is 38.2. The van der Waals surface area contributed by atoms with Crippen LogP contribution in [0.4, 0.5) is 0 Å². The van der Waals surface area contributed by atoms with Gasteiger partial charge in [-0.2, -0.15) is 5.10 Å². The minimum atomic E-state index is -0.837. The summed E-state index contributed by atoms with van der Waals surface area (Å²) in [6.45, 7) is 4.23. The maximum absolute atomic E-state index is 12.7. The molecule has 2 heterocycles. The van der Waals surface area contributed by atoms with Crippen LogP contribution in [0.2, 0.25) is 0 Å². The molecule has 1 aliphatic heterocycles. The molecule has 2 aliphatic rings. The highest BCUT2D eigenvalue weighted by molar-refractivity contribution is 5.79. The first kappa shape index (κ1) is 17.6. The fourth-order valence-electron chi connectivity index (χ4n) is 3.66. The third-order valence-corrected chi connectivity index (χ3v) is 5.48. The van der Waals surface area contributed by atoms with Crippen molar-refractivity contribution in [1.29, 1.82) is 0 Å². The molecule has 1 aromatic rings. The molecule has 0 bridgehead atoms. The molecule has 0 spiro atoms. The summed E-state index contributed by atoms with van der Waals surface area (Å²) in [5.41, 5.74) is 0.355. The largest absolute Gasteiger partial charge is 0.481 e. The summed E-state index contributed by atoms with van der Waals surface area (Å²) in [5.74, 6) is -0.562. The first-order chi connectivity index (χ1) is 11.8. The van der Waals surface area contributed by atoms with Crippen molar-refractivity contribution in [3.63, 3.8) is 0 Å². The number of carboxylic acids is 1. The summed E-state index contributed by atoms with van der Waals surface area (Å²) in [5, 5.41) is 13.9. The van der Waals surface area contributed by atoms with E-state index in [-0.39, 0.29) is 24.6 Å². The lowest BCUT2D eigenvalue weighted by Crippen LogP contribution is -2.51. The van der Waals surface area contributed by atoms with Crippen LogP contribution in [0.15, 0.2) is 10.9 Å². The second-order valence-corrected chi connectivity index (χ2v) is 7.56. The van der Waals surface area contributed by atoms with Gasteiger partial charge in [-0.15, -0.1) is 0 Å². The second kappa shape index (κ2) is 6.61. The zero-order valence-electron chi connectivity index (χ0n) is 14.8. The average molecular weight is 347 g/mol. The lowest BCUT2D eigenvalue weighted by molar-refractivity contribution is -0.156. The van der Waals surface area contributed by atoms with Gasteiger partial charge >= 0.3 is 5.97 Å². The monoisotopic (exact) mass is 347 g/mol. The van der Waals surface area contributed by atoms with Crippen LogP contribution < -0.4 is 5.56 Å². The van der Waals surface area contributed by atoms with Crippen LogP contribution in [-0.4, -0.2) is 44.8 Å². The third-order valence-electron chi connectivity index (χ3n) is 5.48. The maximum Gasteiger partial charge on any atom is 0.311 e. The number of aryl methyl sites for hydroxylation is 2. The Morgan fingerprint density at radius 2 is 2.08 bits per heavy atom. The molecule has 1 N–H and O–H groups in total. The van der Waals surface area contributed by atoms with Gasteiger partial charge in [0.2, 0.25) is 5.91 Å². The number of aliphatic carboxylic acids is 1. The minimum Gasteiger partial charge on any atom is -0.481 e. The van der Waals surface area contributed by atoms with Gasteiger partial charge in [-0.05, 0) is 44.6 Å². The molecule has 7 heteroatoms. The van der Waals surface area contributed by atoms with Crippen molar-refractivity contribution in [2.24, 2.45) is 11.3 Å². The molecule has 1 saturated carbocycles. The Morgan fingerprint density at radius 1 is 1.36 bits per heavy atom. The zero-order valence-corrected chi connectivity index (χ0v) is 14.8. The number of piperidine rings is 1. The topological polar surface area (TPSA) is 92.5 Å². The molecule has 136 valence electrons. The van der Waals surface area contributed by atoms with Crippen LogP contribution in [0.1, 0.15) is 43.4 Å². The van der Waals surface area contributed by atoms with Gasteiger partial charge in [0.15, 0.2) is 0 Å². The highest BCUT2D eigenvalue weighted by atomic mass is 16.4. The number of aromatic nitrogens is 2. The number of carbonyl (C=O) groups is 2. The van der Waals surface area contributed by atoms with E-state index < -0.39 is 11.4 Å². The van der Waals surface area contributed by atoms with Crippen molar-refractivity contribution in [1.82, 2.24) is 14.7 Å². The van der Waals surface area contributed by atoms with E-state index in [4.69, 9.17) is 0 Å². The quantitative estimate of drug-likeness (QED) is 0.868. The number of nitrogens with zero attached hydrogens (tertiary/aromatic N) is 3. The molecule has 7 nitrogen and oxygen atoms in total. The van der Waals surface area contributed by atoms with E-state index in [0.29, 0.717) is 37.4 Å². The van der Waals surface area contributed by atoms with E-state index in [0.717, 1.165) is 18.4 Å². The first-order valence-electron chi connectivity index (χ1n) is 8.87. The van der Waals surface area contributed by atoms with Crippen LogP contribution in [0.5, 0.6) is 0 Å². The predicted octanol–water partition coefficient (Wildman–Crippen LogP) is 1.35. The van der Waals surface area contributed by atoms with Crippen LogP contribution in [0.3, 0.4) is 0 Å². The summed E-state index contributed by atoms with van der Waals surface area (Å²) in [6, 6.07) is 1.47. The molecule has 1 aromatic heterocycles. The molecule has 1 saturated heterocycles. The predicted molar refractivity (Wildman–Crippen MR) is 91.2 cm³/mol. The van der Waals surface area contributed by atoms with E-state index in [2.05, 4.69) is 5.10 Å². The molecule has 0 unspecified atom stereocenters. The Morgan fingerprint density at radius 3 is 2.72 bits per heavy atom. The van der Waals surface area contributed by atoms with E-state index >= 15 is 0 Å². The van der Waals surface area contributed by atoms with Gasteiger partial charge in [0.1, 0.15) is 6.54 Å². The Bertz CT molecular complexity index is 753. The number of carboxylic acid groups (broad SMARTS) is 1. The van der Waals surface area contributed by atoms with Crippen molar-refractivity contribution in [2.75, 3.05) is 13.1 Å². The molecule has 1 amide bonds. The summed E-state index contributed by atoms with van der Waals surface area (Å²) < 4.78 is 1.17. The van der Waals surface area contributed by atoms with Crippen LogP contribution >= 0.6 is 0 Å². The number of hydrogen-bond acceptors (Lipinski definition) is 4. The average Bonchev–Trinajstić information content (AvgIpc) is 3.36. The van der Waals surface area contributed by atoms with Gasteiger partial charge in [0, 0.05) is 19.2 Å². The van der Waals surface area contributed by atoms with Gasteiger partial charge in [0.05, 0.1) is 11.1 Å². The van der Waals surface area contributed by atoms with Gasteiger partial charge in [-0.25, -0.2) is 4.68 Å². The zero-order chi connectivity index (χ0) is 18.2. The number of likely N-dealkylation sites (tertiary alicyclic amines) is 1. The molecule has 3 rings (SSSR count). The van der Waals surface area contributed by atoms with E-state index in [9.17, 15) is 19.5 Å². The molecule has 0 aromatic carbocycles. The fraction of sp³-hybridized carbons (Fsp3) is 0.667. The van der Waals surface area contributed by atoms with Crippen molar-refractivity contribution in [3.8, 4) is 0 Å². The van der Waals surface area contributed by atoms with Gasteiger partial charge in [-0.3, -0.25) is 14.4 Å². The Kier molecular flexibility index (Phi) is 4.67. The van der Waals surface area contributed by atoms with Crippen molar-refractivity contribution >= 4 is 11.9 Å². The van der Waals surface area contributed by atoms with E-state index in [1.165, 1.54) is 10.7 Å². The standard InChI is InChI=1S/C18H25N3O4/c1-12-8-15(22)21(19-13(12)2)10-16(23)20-7-3-6-18(11-20,17(24)25)9-14-4-5-14/h8,14H,3-7,9-11H2,1-2H3,(H,24,25)/t18-/m0/s1. The number of amides is 1. The van der Waals surface area contributed by atoms with Crippen LogP contribution in [-0.2, 0) is 16.1 Å². The van der Waals surface area contributed by atoms with Crippen molar-refractivity contribution in [2.45, 2.75) is 52.5 Å². The molecule has 2 fully saturated rings. The molecular weight excluding hydrogens is 322 g/mol. The Labute approximate surface area is 146 Å². The SMILES string of the molecule is Cc1cc(=O)n(CC(=O)N2CCC[C@@](CC3CC3)(C(=O)O)C2)nc1C. The van der Waals surface area contributed by atoms with Gasteiger partial charge in [-0.1, -0.05) is 12.8 Å². The lowest BCUT2D eigenvalue weighted by Gasteiger charge is -2.40. The first-order valence-corrected chi connectivity index (χ1v) is 8.87. The highest BCUT2D eigenvalue weighted by Gasteiger charge is 2.46. The van der Waals surface area contributed by atoms with Crippen molar-refractivity contribution < 1.29 is 14.7 Å². The Balaban J connectivity index is 1.74. The fourth-order valence-corrected chi connectivity index (χ4v) is 3.66. The highest BCUT2D eigenvalue weighted by Crippen LogP contribution is 2.44. The summed E-state index contributed by atoms with van der Waals surface area (Å²) in [7, 11) is 0. The Hall–Kier alpha value is -2.18. The minimum absolute atomic E-state index is 0.140. The molecular formula is C18H25N3O4. The molecule has 1 aliphatic carbocycles. The third kappa shape index (κ3) is 3.75. The van der Waals surface area contributed by atoms with Crippen LogP contribution in [0.25, 0.3) is 0 Å². The van der Waals surface area contributed by atoms with Crippen molar-refractivity contribution in [3.05, 3.63) is 27.7 Å². The number of carbonyl (C=O) groups excluding carboxylic acids is 1. The van der Waals surface area contributed by atoms with Crippen LogP contribution in [0, 0.1) is 25.2 Å². The molecule has 1 atom stereocenters. The summed E-state index contributed by atoms with van der Waals surface area (Å²) in [6.07, 6.45) is 4.12. The number of rotatable bonds is 5. The van der Waals surface area contributed by atoms with E-state index in [1.807, 2.05) is 0 Å². The molecule has 0 radical (unpaired) electrons. The smallest absolute Gasteiger partial charge is 0.311 e. The van der Waals surface area contributed by atoms with Gasteiger partial charge < -0.3 is 10.0 Å². The number of hydrogen-bond donors (Lipinski definition) is 1.